The largest absolute Gasteiger partial charge is 0.497 e. The van der Waals surface area contributed by atoms with Crippen LogP contribution in [0.3, 0.4) is 0 Å². The molecule has 40 heavy (non-hydrogen) atoms. The standard InChI is InChI=1S/C17H18N2O.C14H16N2O4/c1-13-12-19(15-8-4-3-5-9-15)18-17(13)14-7-6-10-16(11-14)20-2;17-12(18)10-1-3-11(4-2-10)16-9-14(20-13(16)19)5-7-15-8-6-14/h3-4,6-8,10-12H,5,9H2,1-2H3;1-4,15H,5-9H2,(H,17,18). The van der Waals surface area contributed by atoms with E-state index in [1.165, 1.54) is 23.4 Å². The van der Waals surface area contributed by atoms with E-state index in [4.69, 9.17) is 19.7 Å². The van der Waals surface area contributed by atoms with Crippen molar-refractivity contribution in [3.8, 4) is 17.0 Å². The smallest absolute Gasteiger partial charge is 0.415 e. The predicted molar refractivity (Wildman–Crippen MR) is 154 cm³/mol. The van der Waals surface area contributed by atoms with Crippen molar-refractivity contribution in [2.75, 3.05) is 31.6 Å². The molecule has 208 valence electrons. The molecule has 3 aromatic rings. The molecule has 0 radical (unpaired) electrons. The highest BCUT2D eigenvalue weighted by molar-refractivity contribution is 5.92. The summed E-state index contributed by atoms with van der Waals surface area (Å²) in [6, 6.07) is 14.3. The van der Waals surface area contributed by atoms with Crippen molar-refractivity contribution in [3.05, 3.63) is 84.1 Å². The molecule has 0 saturated carbocycles. The molecular formula is C31H34N4O5. The molecule has 3 heterocycles. The number of amides is 1. The molecule has 9 nitrogen and oxygen atoms in total. The average molecular weight is 543 g/mol. The molecule has 6 rings (SSSR count). The highest BCUT2D eigenvalue weighted by Gasteiger charge is 2.46. The summed E-state index contributed by atoms with van der Waals surface area (Å²) in [6.07, 6.45) is 11.9. The molecule has 9 heteroatoms. The fourth-order valence-electron chi connectivity index (χ4n) is 5.19. The number of benzene rings is 2. The van der Waals surface area contributed by atoms with E-state index in [9.17, 15) is 9.59 Å². The number of nitrogens with one attached hydrogen (secondary N) is 1. The van der Waals surface area contributed by atoms with Crippen LogP contribution >= 0.6 is 0 Å². The van der Waals surface area contributed by atoms with Gasteiger partial charge in [-0.1, -0.05) is 24.3 Å². The molecule has 1 amide bonds. The second-order valence-corrected chi connectivity index (χ2v) is 10.2. The van der Waals surface area contributed by atoms with Gasteiger partial charge in [0.2, 0.25) is 0 Å². The number of hydrogen-bond donors (Lipinski definition) is 2. The van der Waals surface area contributed by atoms with E-state index in [1.807, 2.05) is 22.9 Å². The van der Waals surface area contributed by atoms with E-state index >= 15 is 0 Å². The molecular weight excluding hydrogens is 508 g/mol. The van der Waals surface area contributed by atoms with Crippen LogP contribution in [0.25, 0.3) is 17.0 Å². The first-order chi connectivity index (χ1) is 19.4. The number of carbonyl (C=O) groups excluding carboxylic acids is 1. The molecule has 0 unspecified atom stereocenters. The van der Waals surface area contributed by atoms with Gasteiger partial charge in [-0.25, -0.2) is 14.3 Å². The summed E-state index contributed by atoms with van der Waals surface area (Å²) in [5, 5.41) is 16.9. The number of ether oxygens (including phenoxy) is 2. The minimum atomic E-state index is -0.977. The van der Waals surface area contributed by atoms with Gasteiger partial charge in [-0.05, 0) is 80.9 Å². The predicted octanol–water partition coefficient (Wildman–Crippen LogP) is 5.52. The van der Waals surface area contributed by atoms with Crippen LogP contribution in [0.2, 0.25) is 0 Å². The van der Waals surface area contributed by atoms with Crippen LogP contribution in [-0.2, 0) is 4.74 Å². The van der Waals surface area contributed by atoms with Crippen molar-refractivity contribution >= 4 is 23.4 Å². The average Bonchev–Trinajstić information content (AvgIpc) is 3.53. The Morgan fingerprint density at radius 3 is 2.60 bits per heavy atom. The van der Waals surface area contributed by atoms with Gasteiger partial charge in [-0.3, -0.25) is 4.90 Å². The van der Waals surface area contributed by atoms with Crippen LogP contribution < -0.4 is 15.0 Å². The van der Waals surface area contributed by atoms with E-state index in [-0.39, 0.29) is 11.7 Å². The van der Waals surface area contributed by atoms with E-state index in [0.717, 1.165) is 55.8 Å². The van der Waals surface area contributed by atoms with Gasteiger partial charge >= 0.3 is 12.1 Å². The van der Waals surface area contributed by atoms with Gasteiger partial charge in [0.15, 0.2) is 0 Å². The third kappa shape index (κ3) is 5.94. The lowest BCUT2D eigenvalue weighted by Gasteiger charge is -2.31. The van der Waals surface area contributed by atoms with Gasteiger partial charge in [-0.15, -0.1) is 0 Å². The maximum atomic E-state index is 12.0. The van der Waals surface area contributed by atoms with Crippen molar-refractivity contribution in [3.63, 3.8) is 0 Å². The van der Waals surface area contributed by atoms with Gasteiger partial charge in [0.25, 0.3) is 0 Å². The van der Waals surface area contributed by atoms with E-state index in [0.29, 0.717) is 12.2 Å². The number of methoxy groups -OCH3 is 1. The highest BCUT2D eigenvalue weighted by atomic mass is 16.6. The van der Waals surface area contributed by atoms with Crippen molar-refractivity contribution in [1.82, 2.24) is 15.1 Å². The Balaban J connectivity index is 0.000000161. The molecule has 1 spiro atoms. The Kier molecular flexibility index (Phi) is 8.02. The van der Waals surface area contributed by atoms with Crippen molar-refractivity contribution in [1.29, 1.82) is 0 Å². The molecule has 2 saturated heterocycles. The second kappa shape index (κ2) is 11.8. The number of rotatable bonds is 5. The molecule has 1 aliphatic carbocycles. The Morgan fingerprint density at radius 2 is 1.93 bits per heavy atom. The molecule has 0 bridgehead atoms. The molecule has 0 atom stereocenters. The van der Waals surface area contributed by atoms with Gasteiger partial charge in [-0.2, -0.15) is 5.10 Å². The number of anilines is 1. The first kappa shape index (κ1) is 27.2. The first-order valence-electron chi connectivity index (χ1n) is 13.5. The number of carbonyl (C=O) groups is 2. The zero-order valence-corrected chi connectivity index (χ0v) is 22.8. The number of carboxylic acid groups (broad SMARTS) is 1. The lowest BCUT2D eigenvalue weighted by molar-refractivity contribution is 0.0316. The summed E-state index contributed by atoms with van der Waals surface area (Å²) >= 11 is 0. The molecule has 2 fully saturated rings. The van der Waals surface area contributed by atoms with E-state index < -0.39 is 11.6 Å². The van der Waals surface area contributed by atoms with Gasteiger partial charge in [0.1, 0.15) is 11.4 Å². The normalized spacial score (nSPS) is 17.6. The number of hydrogen-bond acceptors (Lipinski definition) is 6. The van der Waals surface area contributed by atoms with Crippen LogP contribution in [0, 0.1) is 6.92 Å². The van der Waals surface area contributed by atoms with Crippen LogP contribution in [0.1, 0.15) is 41.6 Å². The van der Waals surface area contributed by atoms with Crippen LogP contribution in [0.15, 0.2) is 73.0 Å². The first-order valence-corrected chi connectivity index (χ1v) is 13.5. The molecule has 3 aliphatic rings. The quantitative estimate of drug-likeness (QED) is 0.437. The number of nitrogens with zero attached hydrogens (tertiary/aromatic N) is 3. The lowest BCUT2D eigenvalue weighted by Crippen LogP contribution is -2.44. The van der Waals surface area contributed by atoms with E-state index in [2.05, 4.69) is 42.7 Å². The lowest BCUT2D eigenvalue weighted by atomic mass is 9.92. The molecule has 1 aromatic heterocycles. The third-order valence-corrected chi connectivity index (χ3v) is 7.44. The zero-order valence-electron chi connectivity index (χ0n) is 22.8. The number of carboxylic acids is 1. The number of aryl methyl sites for hydroxylation is 1. The summed E-state index contributed by atoms with van der Waals surface area (Å²) < 4.78 is 12.8. The minimum Gasteiger partial charge on any atom is -0.497 e. The Labute approximate surface area is 233 Å². The summed E-state index contributed by atoms with van der Waals surface area (Å²) in [6.45, 7) is 4.32. The van der Waals surface area contributed by atoms with E-state index in [1.54, 1.807) is 24.1 Å². The maximum Gasteiger partial charge on any atom is 0.415 e. The molecule has 2 aromatic carbocycles. The van der Waals surface area contributed by atoms with Gasteiger partial charge in [0.05, 0.1) is 24.9 Å². The SMILES string of the molecule is COc1cccc(-c2nn(C3=CC=CCC3)cc2C)c1.O=C(O)c1ccc(N2CC3(CCNCC3)OC2=O)cc1. The summed E-state index contributed by atoms with van der Waals surface area (Å²) in [5.74, 6) is -0.119. The zero-order chi connectivity index (χ0) is 28.1. The maximum absolute atomic E-state index is 12.0. The molecule has 2 aliphatic heterocycles. The summed E-state index contributed by atoms with van der Waals surface area (Å²) in [5.41, 5.74) is 5.01. The Morgan fingerprint density at radius 1 is 1.15 bits per heavy atom. The summed E-state index contributed by atoms with van der Waals surface area (Å²) in [4.78, 5) is 24.4. The second-order valence-electron chi connectivity index (χ2n) is 10.2. The number of allylic oxidation sites excluding steroid dienone is 4. The van der Waals surface area contributed by atoms with Gasteiger partial charge in [0, 0.05) is 36.0 Å². The van der Waals surface area contributed by atoms with Crippen LogP contribution in [0.4, 0.5) is 10.5 Å². The Hall–Kier alpha value is -4.37. The third-order valence-electron chi connectivity index (χ3n) is 7.44. The number of piperidine rings is 1. The van der Waals surface area contributed by atoms with Crippen molar-refractivity contribution in [2.45, 2.75) is 38.2 Å². The number of aromatic carboxylic acids is 1. The monoisotopic (exact) mass is 542 g/mol. The fourth-order valence-corrected chi connectivity index (χ4v) is 5.19. The van der Waals surface area contributed by atoms with Crippen molar-refractivity contribution < 1.29 is 24.2 Å². The topological polar surface area (TPSA) is 106 Å². The minimum absolute atomic E-state index is 0.206. The van der Waals surface area contributed by atoms with Gasteiger partial charge < -0.3 is 19.9 Å². The van der Waals surface area contributed by atoms with Crippen molar-refractivity contribution in [2.24, 2.45) is 0 Å². The fraction of sp³-hybridized carbons (Fsp3) is 0.323. The van der Waals surface area contributed by atoms with Crippen LogP contribution in [0.5, 0.6) is 5.75 Å². The number of aromatic nitrogens is 2. The Bertz CT molecular complexity index is 1430. The highest BCUT2D eigenvalue weighted by Crippen LogP contribution is 2.34. The summed E-state index contributed by atoms with van der Waals surface area (Å²) in [7, 11) is 1.68. The van der Waals surface area contributed by atoms with Crippen LogP contribution in [-0.4, -0.2) is 59.3 Å². The molecule has 2 N–H and O–H groups in total.